The van der Waals surface area contributed by atoms with Crippen LogP contribution in [0.15, 0.2) is 24.3 Å². The van der Waals surface area contributed by atoms with Gasteiger partial charge in [0, 0.05) is 31.0 Å². The topological polar surface area (TPSA) is 86.7 Å². The SMILES string of the molecule is CC(=O)NCCN(C(=O)C1CC1c1cccc(Cl)c1)C(C)C(=O)O. The molecule has 2 amide bonds. The average Bonchev–Trinajstić information content (AvgIpc) is 3.30. The summed E-state index contributed by atoms with van der Waals surface area (Å²) in [6.07, 6.45) is 0.683. The van der Waals surface area contributed by atoms with E-state index in [-0.39, 0.29) is 36.7 Å². The first-order valence-electron chi connectivity index (χ1n) is 7.84. The number of carbonyl (C=O) groups excluding carboxylic acids is 2. The van der Waals surface area contributed by atoms with Gasteiger partial charge in [-0.1, -0.05) is 23.7 Å². The van der Waals surface area contributed by atoms with E-state index >= 15 is 0 Å². The number of nitrogens with zero attached hydrogens (tertiary/aromatic N) is 1. The van der Waals surface area contributed by atoms with Crippen LogP contribution >= 0.6 is 11.6 Å². The summed E-state index contributed by atoms with van der Waals surface area (Å²) in [5.74, 6) is -1.64. The molecule has 3 unspecified atom stereocenters. The van der Waals surface area contributed by atoms with Crippen molar-refractivity contribution < 1.29 is 19.5 Å². The summed E-state index contributed by atoms with van der Waals surface area (Å²) >= 11 is 5.98. The van der Waals surface area contributed by atoms with Crippen molar-refractivity contribution >= 4 is 29.4 Å². The second kappa shape index (κ2) is 7.66. The zero-order valence-electron chi connectivity index (χ0n) is 13.7. The van der Waals surface area contributed by atoms with Crippen LogP contribution in [-0.4, -0.2) is 46.9 Å². The molecule has 24 heavy (non-hydrogen) atoms. The molecule has 0 aromatic heterocycles. The van der Waals surface area contributed by atoms with Gasteiger partial charge in [0.05, 0.1) is 0 Å². The quantitative estimate of drug-likeness (QED) is 0.784. The number of hydrogen-bond acceptors (Lipinski definition) is 3. The predicted molar refractivity (Wildman–Crippen MR) is 89.8 cm³/mol. The summed E-state index contributed by atoms with van der Waals surface area (Å²) in [6, 6.07) is 6.43. The van der Waals surface area contributed by atoms with Crippen molar-refractivity contribution in [3.63, 3.8) is 0 Å². The first kappa shape index (κ1) is 18.3. The number of carboxylic acid groups (broad SMARTS) is 1. The number of rotatable bonds is 7. The lowest BCUT2D eigenvalue weighted by Gasteiger charge is -2.27. The lowest BCUT2D eigenvalue weighted by atomic mass is 10.1. The number of aliphatic carboxylic acids is 1. The summed E-state index contributed by atoms with van der Waals surface area (Å²) in [5, 5.41) is 12.4. The van der Waals surface area contributed by atoms with Crippen LogP contribution in [0.5, 0.6) is 0 Å². The van der Waals surface area contributed by atoms with Crippen LogP contribution < -0.4 is 5.32 Å². The van der Waals surface area contributed by atoms with Gasteiger partial charge in [-0.3, -0.25) is 9.59 Å². The Labute approximate surface area is 145 Å². The Morgan fingerprint density at radius 2 is 2.12 bits per heavy atom. The number of amides is 2. The van der Waals surface area contributed by atoms with Crippen molar-refractivity contribution in [3.8, 4) is 0 Å². The number of halogens is 1. The van der Waals surface area contributed by atoms with Crippen LogP contribution in [0.2, 0.25) is 5.02 Å². The second-order valence-corrected chi connectivity index (χ2v) is 6.47. The fraction of sp³-hybridized carbons (Fsp3) is 0.471. The van der Waals surface area contributed by atoms with E-state index in [2.05, 4.69) is 5.32 Å². The molecule has 3 atom stereocenters. The summed E-state index contributed by atoms with van der Waals surface area (Å²) < 4.78 is 0. The molecule has 0 radical (unpaired) electrons. The Morgan fingerprint density at radius 3 is 2.71 bits per heavy atom. The van der Waals surface area contributed by atoms with Gasteiger partial charge >= 0.3 is 5.97 Å². The van der Waals surface area contributed by atoms with Crippen LogP contribution in [0.4, 0.5) is 0 Å². The van der Waals surface area contributed by atoms with Gasteiger partial charge in [-0.2, -0.15) is 0 Å². The van der Waals surface area contributed by atoms with Crippen molar-refractivity contribution in [1.29, 1.82) is 0 Å². The number of hydrogen-bond donors (Lipinski definition) is 2. The first-order chi connectivity index (χ1) is 11.3. The normalized spacial score (nSPS) is 20.1. The van der Waals surface area contributed by atoms with E-state index in [1.165, 1.54) is 18.7 Å². The number of carboxylic acids is 1. The predicted octanol–water partition coefficient (Wildman–Crippen LogP) is 1.88. The molecule has 2 rings (SSSR count). The highest BCUT2D eigenvalue weighted by Crippen LogP contribution is 2.49. The highest BCUT2D eigenvalue weighted by Gasteiger charge is 2.47. The van der Waals surface area contributed by atoms with Gasteiger partial charge in [0.15, 0.2) is 0 Å². The number of benzene rings is 1. The molecule has 1 saturated carbocycles. The fourth-order valence-corrected chi connectivity index (χ4v) is 2.97. The van der Waals surface area contributed by atoms with Crippen LogP contribution in [0.3, 0.4) is 0 Å². The lowest BCUT2D eigenvalue weighted by molar-refractivity contribution is -0.150. The zero-order valence-corrected chi connectivity index (χ0v) is 14.4. The Bertz CT molecular complexity index is 649. The van der Waals surface area contributed by atoms with E-state index in [0.29, 0.717) is 11.4 Å². The minimum absolute atomic E-state index is 0.0699. The molecule has 1 fully saturated rings. The molecule has 0 bridgehead atoms. The van der Waals surface area contributed by atoms with E-state index in [0.717, 1.165) is 5.56 Å². The highest BCUT2D eigenvalue weighted by molar-refractivity contribution is 6.30. The molecule has 2 N–H and O–H groups in total. The summed E-state index contributed by atoms with van der Waals surface area (Å²) in [6.45, 7) is 3.26. The molecular formula is C17H21ClN2O4. The Kier molecular flexibility index (Phi) is 5.83. The zero-order chi connectivity index (χ0) is 17.9. The van der Waals surface area contributed by atoms with Gasteiger partial charge in [0.1, 0.15) is 6.04 Å². The molecular weight excluding hydrogens is 332 g/mol. The summed E-state index contributed by atoms with van der Waals surface area (Å²) in [7, 11) is 0. The first-order valence-corrected chi connectivity index (χ1v) is 8.22. The maximum atomic E-state index is 12.7. The van der Waals surface area contributed by atoms with Gasteiger partial charge in [0.25, 0.3) is 0 Å². The molecule has 1 aromatic carbocycles. The third-order valence-corrected chi connectivity index (χ3v) is 4.45. The molecule has 7 heteroatoms. The smallest absolute Gasteiger partial charge is 0.326 e. The minimum atomic E-state index is -1.06. The maximum Gasteiger partial charge on any atom is 0.326 e. The molecule has 1 aliphatic carbocycles. The van der Waals surface area contributed by atoms with Crippen molar-refractivity contribution in [3.05, 3.63) is 34.9 Å². The third-order valence-electron chi connectivity index (χ3n) is 4.22. The van der Waals surface area contributed by atoms with Gasteiger partial charge in [-0.15, -0.1) is 0 Å². The van der Waals surface area contributed by atoms with Gasteiger partial charge in [-0.05, 0) is 37.0 Å². The van der Waals surface area contributed by atoms with Crippen LogP contribution in [-0.2, 0) is 14.4 Å². The van der Waals surface area contributed by atoms with Crippen LogP contribution in [0, 0.1) is 5.92 Å². The largest absolute Gasteiger partial charge is 0.480 e. The summed E-state index contributed by atoms with van der Waals surface area (Å²) in [5.41, 5.74) is 0.991. The van der Waals surface area contributed by atoms with E-state index < -0.39 is 12.0 Å². The molecule has 1 aliphatic rings. The highest BCUT2D eigenvalue weighted by atomic mass is 35.5. The second-order valence-electron chi connectivity index (χ2n) is 6.03. The third kappa shape index (κ3) is 4.47. The van der Waals surface area contributed by atoms with Gasteiger partial charge < -0.3 is 15.3 Å². The standard InChI is InChI=1S/C17H21ClN2O4/c1-10(17(23)24)20(7-6-19-11(2)21)16(22)15-9-14(15)12-4-3-5-13(18)8-12/h3-5,8,10,14-15H,6-7,9H2,1-2H3,(H,19,21)(H,23,24). The van der Waals surface area contributed by atoms with Crippen molar-refractivity contribution in [1.82, 2.24) is 10.2 Å². The van der Waals surface area contributed by atoms with Crippen molar-refractivity contribution in [2.75, 3.05) is 13.1 Å². The number of carbonyl (C=O) groups is 3. The van der Waals surface area contributed by atoms with E-state index in [9.17, 15) is 19.5 Å². The molecule has 0 aliphatic heterocycles. The van der Waals surface area contributed by atoms with E-state index in [1.807, 2.05) is 18.2 Å². The average molecular weight is 353 g/mol. The lowest BCUT2D eigenvalue weighted by Crippen LogP contribution is -2.47. The molecule has 0 spiro atoms. The maximum absolute atomic E-state index is 12.7. The Morgan fingerprint density at radius 1 is 1.42 bits per heavy atom. The number of nitrogens with one attached hydrogen (secondary N) is 1. The monoisotopic (exact) mass is 352 g/mol. The molecule has 0 heterocycles. The molecule has 6 nitrogen and oxygen atoms in total. The van der Waals surface area contributed by atoms with Crippen molar-refractivity contribution in [2.45, 2.75) is 32.2 Å². The van der Waals surface area contributed by atoms with E-state index in [1.54, 1.807) is 6.07 Å². The molecule has 1 aromatic rings. The Hall–Kier alpha value is -2.08. The molecule has 0 saturated heterocycles. The van der Waals surface area contributed by atoms with Crippen LogP contribution in [0.25, 0.3) is 0 Å². The molecule has 130 valence electrons. The van der Waals surface area contributed by atoms with Gasteiger partial charge in [-0.25, -0.2) is 4.79 Å². The fourth-order valence-electron chi connectivity index (χ4n) is 2.77. The van der Waals surface area contributed by atoms with Crippen molar-refractivity contribution in [2.24, 2.45) is 5.92 Å². The van der Waals surface area contributed by atoms with Gasteiger partial charge in [0.2, 0.25) is 11.8 Å². The minimum Gasteiger partial charge on any atom is -0.480 e. The van der Waals surface area contributed by atoms with E-state index in [4.69, 9.17) is 11.6 Å². The Balaban J connectivity index is 2.05. The summed E-state index contributed by atoms with van der Waals surface area (Å²) in [4.78, 5) is 36.3. The van der Waals surface area contributed by atoms with Crippen LogP contribution in [0.1, 0.15) is 31.7 Å².